The third kappa shape index (κ3) is 9.90. The van der Waals surface area contributed by atoms with E-state index < -0.39 is 24.0 Å². The van der Waals surface area contributed by atoms with E-state index in [4.69, 9.17) is 0 Å². The molecule has 4 aromatic rings. The minimum atomic E-state index is -4.84. The molecule has 2 N–H and O–H groups in total. The predicted octanol–water partition coefficient (Wildman–Crippen LogP) is 5.29. The molecule has 0 radical (unpaired) electrons. The smallest absolute Gasteiger partial charge is 0.406 e. The van der Waals surface area contributed by atoms with E-state index in [0.29, 0.717) is 42.1 Å². The molecule has 2 amide bonds. The molecule has 9 nitrogen and oxygen atoms in total. The number of nitrogens with zero attached hydrogens (tertiary/aromatic N) is 4. The molecule has 3 heterocycles. The molecule has 0 unspecified atom stereocenters. The van der Waals surface area contributed by atoms with E-state index in [1.54, 1.807) is 24.4 Å². The normalized spacial score (nSPS) is 11.2. The minimum absolute atomic E-state index is 0.00886. The van der Waals surface area contributed by atoms with Crippen molar-refractivity contribution >= 4 is 34.1 Å². The van der Waals surface area contributed by atoms with Crippen molar-refractivity contribution in [2.75, 3.05) is 10.6 Å². The number of nitrogens with one attached hydrogen (secondary N) is 2. The average molecular weight is 589 g/mol. The number of amides is 2. The van der Waals surface area contributed by atoms with Crippen molar-refractivity contribution in [3.63, 3.8) is 0 Å². The molecule has 0 aliphatic rings. The van der Waals surface area contributed by atoms with Crippen molar-refractivity contribution in [2.45, 2.75) is 44.9 Å². The molecule has 1 aromatic carbocycles. The van der Waals surface area contributed by atoms with Crippen LogP contribution in [0.1, 0.15) is 34.7 Å². The van der Waals surface area contributed by atoms with Gasteiger partial charge in [-0.25, -0.2) is 4.98 Å². The lowest BCUT2D eigenvalue weighted by molar-refractivity contribution is -0.274. The lowest BCUT2D eigenvalue weighted by atomic mass is 10.1. The number of halogens is 4. The molecular weight excluding hydrogens is 564 g/mol. The van der Waals surface area contributed by atoms with Crippen LogP contribution in [0.5, 0.6) is 5.75 Å². The number of aromatic nitrogens is 4. The van der Waals surface area contributed by atoms with E-state index in [1.807, 2.05) is 0 Å². The molecule has 0 saturated heterocycles. The Bertz CT molecular complexity index is 1480. The molecule has 4 rings (SSSR count). The van der Waals surface area contributed by atoms with E-state index in [0.717, 1.165) is 17.1 Å². The second kappa shape index (κ2) is 13.7. The summed E-state index contributed by atoms with van der Waals surface area (Å²) in [6.45, 7) is 0. The third-order valence-electron chi connectivity index (χ3n) is 5.56. The molecule has 41 heavy (non-hydrogen) atoms. The predicted molar refractivity (Wildman–Crippen MR) is 143 cm³/mol. The number of anilines is 2. The Kier molecular flexibility index (Phi) is 9.90. The lowest BCUT2D eigenvalue weighted by Gasteiger charge is -2.10. The van der Waals surface area contributed by atoms with Crippen LogP contribution in [0.4, 0.5) is 28.5 Å². The second-order valence-electron chi connectivity index (χ2n) is 8.82. The van der Waals surface area contributed by atoms with Crippen molar-refractivity contribution in [3.05, 3.63) is 88.6 Å². The van der Waals surface area contributed by atoms with Crippen LogP contribution in [-0.2, 0) is 35.3 Å². The fourth-order valence-corrected chi connectivity index (χ4v) is 4.57. The summed E-state index contributed by atoms with van der Waals surface area (Å²) >= 11 is 1.27. The van der Waals surface area contributed by atoms with Crippen molar-refractivity contribution in [1.29, 1.82) is 0 Å². The molecule has 0 bridgehead atoms. The van der Waals surface area contributed by atoms with Crippen LogP contribution in [0, 0.1) is 5.95 Å². The molecule has 214 valence electrons. The number of hydrogen-bond donors (Lipinski definition) is 2. The maximum atomic E-state index is 14.5. The number of unbranched alkanes of at least 4 members (excludes halogenated alkanes) is 1. The second-order valence-corrected chi connectivity index (χ2v) is 9.88. The third-order valence-corrected chi connectivity index (χ3v) is 6.46. The van der Waals surface area contributed by atoms with Crippen LogP contribution in [0.15, 0.2) is 60.8 Å². The van der Waals surface area contributed by atoms with E-state index >= 15 is 0 Å². The van der Waals surface area contributed by atoms with Gasteiger partial charge in [-0.3, -0.25) is 14.6 Å². The highest BCUT2D eigenvalue weighted by molar-refractivity contribution is 7.15. The van der Waals surface area contributed by atoms with Crippen LogP contribution < -0.4 is 15.4 Å². The number of pyridine rings is 2. The van der Waals surface area contributed by atoms with Gasteiger partial charge in [-0.05, 0) is 55.2 Å². The van der Waals surface area contributed by atoms with Gasteiger partial charge in [0.25, 0.3) is 0 Å². The van der Waals surface area contributed by atoms with Crippen LogP contribution >= 0.6 is 11.3 Å². The van der Waals surface area contributed by atoms with Crippen LogP contribution in [0.2, 0.25) is 0 Å². The van der Waals surface area contributed by atoms with Crippen molar-refractivity contribution in [3.8, 4) is 5.75 Å². The Morgan fingerprint density at radius 1 is 0.902 bits per heavy atom. The number of benzene rings is 1. The minimum Gasteiger partial charge on any atom is -0.406 e. The molecule has 0 atom stereocenters. The van der Waals surface area contributed by atoms with Crippen molar-refractivity contribution in [1.82, 2.24) is 20.2 Å². The van der Waals surface area contributed by atoms with Gasteiger partial charge in [0.1, 0.15) is 16.6 Å². The molecule has 0 saturated carbocycles. The fraction of sp³-hybridized carbons (Fsp3) is 0.259. The summed E-state index contributed by atoms with van der Waals surface area (Å²) < 4.78 is 55.6. The van der Waals surface area contributed by atoms with Crippen molar-refractivity contribution < 1.29 is 31.9 Å². The van der Waals surface area contributed by atoms with Crippen molar-refractivity contribution in [2.24, 2.45) is 0 Å². The summed E-state index contributed by atoms with van der Waals surface area (Å²) in [4.78, 5) is 32.3. The first kappa shape index (κ1) is 29.5. The zero-order valence-corrected chi connectivity index (χ0v) is 22.3. The van der Waals surface area contributed by atoms with E-state index in [2.05, 4.69) is 35.5 Å². The van der Waals surface area contributed by atoms with Gasteiger partial charge >= 0.3 is 6.36 Å². The summed E-state index contributed by atoms with van der Waals surface area (Å²) in [6, 6.07) is 13.4. The SMILES string of the molecule is O=C(Cc1cccc(OC(F)(F)F)c1)Nc1ccc(CCCCc2nnc(NC(=O)Cc3ccccn3)s2)c(F)n1. The molecule has 14 heteroatoms. The molecule has 0 aliphatic carbocycles. The highest BCUT2D eigenvalue weighted by Gasteiger charge is 2.31. The van der Waals surface area contributed by atoms with Gasteiger partial charge in [-0.2, -0.15) is 4.39 Å². The van der Waals surface area contributed by atoms with E-state index in [9.17, 15) is 27.2 Å². The first-order chi connectivity index (χ1) is 19.6. The summed E-state index contributed by atoms with van der Waals surface area (Å²) in [5, 5.41) is 14.4. The number of carbonyl (C=O) groups excluding carboxylic acids is 2. The number of carbonyl (C=O) groups is 2. The quantitative estimate of drug-likeness (QED) is 0.131. The summed E-state index contributed by atoms with van der Waals surface area (Å²) in [5.74, 6) is -1.98. The Morgan fingerprint density at radius 3 is 2.46 bits per heavy atom. The molecular formula is C27H24F4N6O3S. The van der Waals surface area contributed by atoms with Gasteiger partial charge in [0, 0.05) is 23.9 Å². The first-order valence-electron chi connectivity index (χ1n) is 12.4. The average Bonchev–Trinajstić information content (AvgIpc) is 3.34. The van der Waals surface area contributed by atoms with E-state index in [1.165, 1.54) is 35.6 Å². The Morgan fingerprint density at radius 2 is 1.71 bits per heavy atom. The largest absolute Gasteiger partial charge is 0.573 e. The van der Waals surface area contributed by atoms with Crippen LogP contribution in [0.25, 0.3) is 0 Å². The Labute approximate surface area is 236 Å². The fourth-order valence-electron chi connectivity index (χ4n) is 3.77. The highest BCUT2D eigenvalue weighted by atomic mass is 32.1. The van der Waals surface area contributed by atoms with Gasteiger partial charge in [-0.15, -0.1) is 23.4 Å². The first-order valence-corrected chi connectivity index (χ1v) is 13.3. The highest BCUT2D eigenvalue weighted by Crippen LogP contribution is 2.24. The summed E-state index contributed by atoms with van der Waals surface area (Å²) in [5.41, 5.74) is 1.31. The number of rotatable bonds is 12. The monoisotopic (exact) mass is 588 g/mol. The molecule has 0 fully saturated rings. The maximum Gasteiger partial charge on any atom is 0.573 e. The maximum absolute atomic E-state index is 14.5. The van der Waals surface area contributed by atoms with Gasteiger partial charge in [0.2, 0.25) is 22.9 Å². The molecule has 0 spiro atoms. The van der Waals surface area contributed by atoms with Crippen LogP contribution in [0.3, 0.4) is 0 Å². The van der Waals surface area contributed by atoms with Gasteiger partial charge in [0.05, 0.1) is 12.8 Å². The number of ether oxygens (including phenoxy) is 1. The Balaban J connectivity index is 1.19. The summed E-state index contributed by atoms with van der Waals surface area (Å²) in [7, 11) is 0. The zero-order valence-electron chi connectivity index (χ0n) is 21.4. The van der Waals surface area contributed by atoms with Gasteiger partial charge < -0.3 is 15.4 Å². The number of aryl methyl sites for hydroxylation is 2. The Hall–Kier alpha value is -4.46. The topological polar surface area (TPSA) is 119 Å². The van der Waals surface area contributed by atoms with Crippen LogP contribution in [-0.4, -0.2) is 38.3 Å². The molecule has 3 aromatic heterocycles. The lowest BCUT2D eigenvalue weighted by Crippen LogP contribution is -2.18. The standard InChI is InChI=1S/C27H24F4N6O3S/c28-25-18(7-1-2-10-24-36-37-26(41-24)35-23(39)16-19-8-3-4-13-32-19)11-12-21(34-25)33-22(38)15-17-6-5-9-20(14-17)40-27(29,30)31/h3-6,8-9,11-14H,1-2,7,10,15-16H2,(H,33,34,38)(H,35,37,39). The number of hydrogen-bond acceptors (Lipinski definition) is 8. The van der Waals surface area contributed by atoms with Gasteiger partial charge in [0.15, 0.2) is 0 Å². The van der Waals surface area contributed by atoms with E-state index in [-0.39, 0.29) is 30.1 Å². The number of alkyl halides is 3. The zero-order chi connectivity index (χ0) is 29.2. The molecule has 0 aliphatic heterocycles. The van der Waals surface area contributed by atoms with Gasteiger partial charge in [-0.1, -0.05) is 35.6 Å². The summed E-state index contributed by atoms with van der Waals surface area (Å²) in [6.07, 6.45) is -0.988.